The predicted octanol–water partition coefficient (Wildman–Crippen LogP) is 3.07. The van der Waals surface area contributed by atoms with Gasteiger partial charge in [0.05, 0.1) is 6.61 Å². The van der Waals surface area contributed by atoms with Crippen LogP contribution in [0.5, 0.6) is 0 Å². The first-order valence-corrected chi connectivity index (χ1v) is 10.2. The van der Waals surface area contributed by atoms with Crippen molar-refractivity contribution in [1.29, 1.82) is 0 Å². The molecule has 0 saturated carbocycles. The van der Waals surface area contributed by atoms with E-state index in [4.69, 9.17) is 14.2 Å². The summed E-state index contributed by atoms with van der Waals surface area (Å²) in [6.45, 7) is 11.2. The molecule has 0 atom stereocenters. The van der Waals surface area contributed by atoms with Crippen molar-refractivity contribution in [3.8, 4) is 0 Å². The maximum absolute atomic E-state index is 11.1. The van der Waals surface area contributed by atoms with Crippen molar-refractivity contribution >= 4 is 15.5 Å². The molecule has 0 aliphatic rings. The zero-order chi connectivity index (χ0) is 15.9. The van der Waals surface area contributed by atoms with Crippen LogP contribution < -0.4 is 0 Å². The number of ether oxygens (including phenoxy) is 3. The molecule has 5 heteroatoms. The zero-order valence-corrected chi connectivity index (χ0v) is 15.4. The van der Waals surface area contributed by atoms with Crippen LogP contribution in [-0.4, -0.2) is 41.6 Å². The summed E-state index contributed by atoms with van der Waals surface area (Å²) < 4.78 is 16.1. The maximum atomic E-state index is 11.1. The first-order valence-electron chi connectivity index (χ1n) is 8.17. The van der Waals surface area contributed by atoms with Gasteiger partial charge in [0.15, 0.2) is 6.29 Å². The Hall–Kier alpha value is -0.653. The maximum Gasteiger partial charge on any atom is 0.333 e. The van der Waals surface area contributed by atoms with Crippen LogP contribution in [0.4, 0.5) is 0 Å². The number of carbonyl (C=O) groups excluding carboxylic acids is 1. The molecule has 0 aliphatic carbocycles. The van der Waals surface area contributed by atoms with Crippen LogP contribution in [0.1, 0.15) is 46.5 Å². The average molecular weight is 317 g/mol. The number of esters is 1. The molecule has 0 unspecified atom stereocenters. The summed E-state index contributed by atoms with van der Waals surface area (Å²) in [5.74, 6) is -0.276. The minimum Gasteiger partial charge on any atom is -0.462 e. The Morgan fingerprint density at radius 1 is 1.10 bits per heavy atom. The molecule has 4 nitrogen and oxygen atoms in total. The quantitative estimate of drug-likeness (QED) is 0.162. The molecular weight excluding hydrogens is 284 g/mol. The number of hydrogen-bond donors (Lipinski definition) is 0. The Morgan fingerprint density at radius 3 is 2.33 bits per heavy atom. The molecule has 0 N–H and O–H groups in total. The topological polar surface area (TPSA) is 44.8 Å². The third kappa shape index (κ3) is 12.8. The van der Waals surface area contributed by atoms with E-state index in [1.54, 1.807) is 6.92 Å². The third-order valence-corrected chi connectivity index (χ3v) is 5.03. The van der Waals surface area contributed by atoms with Crippen LogP contribution in [0.25, 0.3) is 0 Å². The summed E-state index contributed by atoms with van der Waals surface area (Å²) in [6.07, 6.45) is 4.36. The fourth-order valence-electron chi connectivity index (χ4n) is 1.99. The van der Waals surface area contributed by atoms with Gasteiger partial charge in [-0.05, 0) is 33.6 Å². The van der Waals surface area contributed by atoms with Crippen molar-refractivity contribution in [2.75, 3.05) is 19.8 Å². The van der Waals surface area contributed by atoms with Crippen molar-refractivity contribution in [1.82, 2.24) is 0 Å². The molecule has 0 rings (SSSR count). The summed E-state index contributed by atoms with van der Waals surface area (Å²) in [7, 11) is -0.0101. The molecule has 0 spiro atoms. The van der Waals surface area contributed by atoms with Gasteiger partial charge in [-0.15, -0.1) is 0 Å². The van der Waals surface area contributed by atoms with Crippen molar-refractivity contribution < 1.29 is 19.0 Å². The van der Waals surface area contributed by atoms with Crippen molar-refractivity contribution in [3.63, 3.8) is 0 Å². The minimum absolute atomic E-state index is 0.00550. The normalized spacial score (nSPS) is 11.4. The lowest BCUT2D eigenvalue weighted by atomic mass is 10.3. The standard InChI is InChI=1S/C16H32O4Si/c1-5-18-15(19-6-2)10-13-21-12-9-7-8-11-20-16(17)14(3)4/h15H,3,5-13,21H2,1-2,4H3. The van der Waals surface area contributed by atoms with Gasteiger partial charge in [0.1, 0.15) is 0 Å². The van der Waals surface area contributed by atoms with E-state index in [1.807, 2.05) is 13.8 Å². The van der Waals surface area contributed by atoms with Gasteiger partial charge in [0.25, 0.3) is 0 Å². The lowest BCUT2D eigenvalue weighted by molar-refractivity contribution is -0.139. The predicted molar refractivity (Wildman–Crippen MR) is 89.4 cm³/mol. The first kappa shape index (κ1) is 20.3. The lowest BCUT2D eigenvalue weighted by Gasteiger charge is -2.16. The fraction of sp³-hybridized carbons (Fsp3) is 0.812. The van der Waals surface area contributed by atoms with E-state index >= 15 is 0 Å². The first-order chi connectivity index (χ1) is 10.1. The fourth-order valence-corrected chi connectivity index (χ4v) is 3.68. The van der Waals surface area contributed by atoms with E-state index in [-0.39, 0.29) is 21.8 Å². The summed E-state index contributed by atoms with van der Waals surface area (Å²) in [6, 6.07) is 2.62. The van der Waals surface area contributed by atoms with E-state index in [2.05, 4.69) is 6.58 Å². The molecule has 0 aromatic heterocycles. The van der Waals surface area contributed by atoms with E-state index in [0.717, 1.165) is 32.5 Å². The Morgan fingerprint density at radius 2 is 1.76 bits per heavy atom. The van der Waals surface area contributed by atoms with Gasteiger partial charge in [-0.1, -0.05) is 31.5 Å². The number of hydrogen-bond acceptors (Lipinski definition) is 4. The molecule has 0 fully saturated rings. The van der Waals surface area contributed by atoms with E-state index in [0.29, 0.717) is 12.2 Å². The highest BCUT2D eigenvalue weighted by Gasteiger charge is 2.07. The zero-order valence-electron chi connectivity index (χ0n) is 14.0. The van der Waals surface area contributed by atoms with Crippen LogP contribution in [-0.2, 0) is 19.0 Å². The molecule has 0 aliphatic heterocycles. The average Bonchev–Trinajstić information content (AvgIpc) is 2.45. The smallest absolute Gasteiger partial charge is 0.333 e. The molecule has 0 aromatic rings. The second-order valence-corrected chi connectivity index (χ2v) is 7.29. The number of carbonyl (C=O) groups is 1. The highest BCUT2D eigenvalue weighted by Crippen LogP contribution is 2.08. The molecule has 21 heavy (non-hydrogen) atoms. The number of unbranched alkanes of at least 4 members (excludes halogenated alkanes) is 2. The minimum atomic E-state index is -0.276. The van der Waals surface area contributed by atoms with Crippen LogP contribution in [0.15, 0.2) is 12.2 Å². The second-order valence-electron chi connectivity index (χ2n) is 5.17. The largest absolute Gasteiger partial charge is 0.462 e. The van der Waals surface area contributed by atoms with Gasteiger partial charge in [-0.3, -0.25) is 0 Å². The molecule has 0 radical (unpaired) electrons. The van der Waals surface area contributed by atoms with Gasteiger partial charge in [0, 0.05) is 28.3 Å². The van der Waals surface area contributed by atoms with Crippen molar-refractivity contribution in [2.45, 2.75) is 64.8 Å². The Bertz CT molecular complexity index is 275. The molecular formula is C16H32O4Si. The van der Waals surface area contributed by atoms with E-state index < -0.39 is 0 Å². The van der Waals surface area contributed by atoms with Crippen LogP contribution >= 0.6 is 0 Å². The molecule has 0 heterocycles. The van der Waals surface area contributed by atoms with Gasteiger partial charge in [-0.2, -0.15) is 0 Å². The Labute approximate surface area is 132 Å². The Kier molecular flexibility index (Phi) is 13.8. The van der Waals surface area contributed by atoms with Gasteiger partial charge in [0.2, 0.25) is 0 Å². The summed E-state index contributed by atoms with van der Waals surface area (Å²) >= 11 is 0. The highest BCUT2D eigenvalue weighted by atomic mass is 28.2. The molecule has 0 amide bonds. The summed E-state index contributed by atoms with van der Waals surface area (Å²) in [5, 5.41) is 0. The summed E-state index contributed by atoms with van der Waals surface area (Å²) in [4.78, 5) is 11.1. The highest BCUT2D eigenvalue weighted by molar-refractivity contribution is 6.35. The molecule has 0 aromatic carbocycles. The van der Waals surface area contributed by atoms with Crippen LogP contribution in [0.2, 0.25) is 12.1 Å². The van der Waals surface area contributed by atoms with E-state index in [9.17, 15) is 4.79 Å². The molecule has 0 saturated heterocycles. The lowest BCUT2D eigenvalue weighted by Crippen LogP contribution is -2.17. The van der Waals surface area contributed by atoms with Gasteiger partial charge >= 0.3 is 5.97 Å². The van der Waals surface area contributed by atoms with Gasteiger partial charge < -0.3 is 14.2 Å². The Balaban J connectivity index is 3.35. The number of rotatable bonds is 14. The second kappa shape index (κ2) is 14.3. The molecule has 124 valence electrons. The SMILES string of the molecule is C=C(C)C(=O)OCCCCC[SiH2]CCC(OCC)OCC. The summed E-state index contributed by atoms with van der Waals surface area (Å²) in [5.41, 5.74) is 0.473. The van der Waals surface area contributed by atoms with Crippen LogP contribution in [0.3, 0.4) is 0 Å². The van der Waals surface area contributed by atoms with Gasteiger partial charge in [-0.25, -0.2) is 4.79 Å². The van der Waals surface area contributed by atoms with E-state index in [1.165, 1.54) is 18.5 Å². The third-order valence-electron chi connectivity index (χ3n) is 3.12. The van der Waals surface area contributed by atoms with Crippen molar-refractivity contribution in [3.05, 3.63) is 12.2 Å². The monoisotopic (exact) mass is 316 g/mol. The van der Waals surface area contributed by atoms with Crippen LogP contribution in [0, 0.1) is 0 Å². The molecule has 0 bridgehead atoms. The van der Waals surface area contributed by atoms with Crippen molar-refractivity contribution in [2.24, 2.45) is 0 Å².